The lowest BCUT2D eigenvalue weighted by atomic mass is 9.80. The highest BCUT2D eigenvalue weighted by molar-refractivity contribution is 6.74. The average molecular weight is 1270 g/mol. The van der Waals surface area contributed by atoms with Crippen molar-refractivity contribution in [2.75, 3.05) is 67.7 Å². The van der Waals surface area contributed by atoms with Gasteiger partial charge in [0.2, 0.25) is 26.0 Å². The molecule has 7 aromatic carbocycles. The minimum Gasteiger partial charge on any atom is -0.543 e. The molecule has 1 fully saturated rings. The van der Waals surface area contributed by atoms with E-state index in [0.717, 1.165) is 42.9 Å². The molecular formula is C74H77FN6O11Si. The maximum Gasteiger partial charge on any atom is 0.345 e. The third-order valence-electron chi connectivity index (χ3n) is 17.3. The number of methoxy groups -OCH3 is 3. The number of furan rings is 1. The van der Waals surface area contributed by atoms with Crippen LogP contribution in [0, 0.1) is 5.82 Å². The number of fused-ring (bicyclic) bond motifs is 1. The van der Waals surface area contributed by atoms with Crippen molar-refractivity contribution in [2.45, 2.75) is 69.7 Å². The first-order valence-corrected chi connectivity index (χ1v) is 33.8. The predicted octanol–water partition coefficient (Wildman–Crippen LogP) is 14.2. The molecule has 0 saturated carbocycles. The Morgan fingerprint density at radius 3 is 1.95 bits per heavy atom. The van der Waals surface area contributed by atoms with Crippen molar-refractivity contribution < 1.29 is 56.3 Å². The minimum absolute atomic E-state index is 0.0223. The normalized spacial score (nSPS) is 13.9. The van der Waals surface area contributed by atoms with Crippen LogP contribution in [0.2, 0.25) is 18.1 Å². The van der Waals surface area contributed by atoms with Crippen molar-refractivity contribution in [2.24, 2.45) is 0 Å². The Bertz CT molecular complexity index is 4100. The van der Waals surface area contributed by atoms with Gasteiger partial charge in [-0.05, 0) is 144 Å². The molecule has 0 spiro atoms. The van der Waals surface area contributed by atoms with E-state index in [9.17, 15) is 14.3 Å². The van der Waals surface area contributed by atoms with Crippen LogP contribution < -0.4 is 32.8 Å². The van der Waals surface area contributed by atoms with Gasteiger partial charge in [0.1, 0.15) is 76.1 Å². The first-order chi connectivity index (χ1) is 44.9. The molecule has 4 heterocycles. The molecule has 11 rings (SSSR count). The number of aliphatic carboxylic acids is 1. The van der Waals surface area contributed by atoms with Gasteiger partial charge in [-0.3, -0.25) is 4.90 Å². The van der Waals surface area contributed by atoms with Gasteiger partial charge in [0.15, 0.2) is 5.82 Å². The van der Waals surface area contributed by atoms with Gasteiger partial charge in [0, 0.05) is 62.0 Å². The minimum atomic E-state index is -2.39. The molecule has 0 aliphatic carbocycles. The molecule has 3 aromatic heterocycles. The summed E-state index contributed by atoms with van der Waals surface area (Å²) < 4.78 is 72.5. The summed E-state index contributed by atoms with van der Waals surface area (Å²) in [6.45, 7) is 15.0. The Kier molecular flexibility index (Phi) is 19.8. The van der Waals surface area contributed by atoms with Crippen LogP contribution in [0.15, 0.2) is 193 Å². The van der Waals surface area contributed by atoms with Crippen molar-refractivity contribution in [3.63, 3.8) is 0 Å². The highest BCUT2D eigenvalue weighted by atomic mass is 28.4. The lowest BCUT2D eigenvalue weighted by Gasteiger charge is -2.39. The largest absolute Gasteiger partial charge is 0.543 e. The Hall–Kier alpha value is -9.66. The molecule has 17 nitrogen and oxygen atoms in total. The van der Waals surface area contributed by atoms with Gasteiger partial charge in [0.05, 0.1) is 39.2 Å². The maximum absolute atomic E-state index is 14.7. The zero-order valence-electron chi connectivity index (χ0n) is 53.8. The van der Waals surface area contributed by atoms with E-state index in [1.54, 1.807) is 51.8 Å². The lowest BCUT2D eigenvalue weighted by molar-refractivity contribution is -0.145. The number of halogens is 1. The number of likely N-dealkylation sites (N-methyl/N-ethyl adjacent to an activating group) is 1. The number of rotatable bonds is 26. The molecule has 480 valence electrons. The van der Waals surface area contributed by atoms with Crippen LogP contribution in [0.4, 0.5) is 4.39 Å². The van der Waals surface area contributed by atoms with Gasteiger partial charge in [-0.1, -0.05) is 99.6 Å². The second kappa shape index (κ2) is 28.5. The van der Waals surface area contributed by atoms with Gasteiger partial charge in [-0.25, -0.2) is 29.1 Å². The van der Waals surface area contributed by atoms with Crippen molar-refractivity contribution in [3.05, 3.63) is 222 Å². The Balaban J connectivity index is 0.935. The molecule has 0 amide bonds. The van der Waals surface area contributed by atoms with Crippen LogP contribution in [0.1, 0.15) is 48.7 Å². The van der Waals surface area contributed by atoms with Crippen molar-refractivity contribution in [1.29, 1.82) is 0 Å². The molecular weight excluding hydrogens is 1200 g/mol. The molecule has 2 unspecified atom stereocenters. The van der Waals surface area contributed by atoms with Gasteiger partial charge in [-0.15, -0.1) is 0 Å². The number of carboxylic acid groups (broad SMARTS) is 1. The van der Waals surface area contributed by atoms with Crippen LogP contribution in [0.3, 0.4) is 0 Å². The van der Waals surface area contributed by atoms with Crippen LogP contribution >= 0.6 is 0 Å². The molecule has 1 aliphatic rings. The van der Waals surface area contributed by atoms with E-state index in [0.29, 0.717) is 91.5 Å². The van der Waals surface area contributed by atoms with Gasteiger partial charge < -0.3 is 52.0 Å². The van der Waals surface area contributed by atoms with Gasteiger partial charge in [0.25, 0.3) is 0 Å². The zero-order valence-corrected chi connectivity index (χ0v) is 54.8. The number of aromatic nitrogens is 4. The van der Waals surface area contributed by atoms with E-state index >= 15 is 0 Å². The summed E-state index contributed by atoms with van der Waals surface area (Å²) in [4.78, 5) is 36.9. The number of piperazine rings is 1. The molecule has 1 saturated heterocycles. The SMILES string of the molecule is COc1ccc(C(OCC(CN2CCN(C)CC2)Oc2ccc(-c3c(-c4ccc(F)cc4)oc4ncnc(OC(Cc5cc(O[Si](C)(C)C(C)(C)C)ccc5OCc5ccnc(-c6ccccc6OC)n5)C(=O)O)c34)cc2)(c2ccccc2)c2ccc(OC)cc2)cc1. The number of hydrogen-bond donors (Lipinski definition) is 1. The van der Waals surface area contributed by atoms with Crippen LogP contribution in [-0.4, -0.2) is 129 Å². The van der Waals surface area contributed by atoms with Crippen molar-refractivity contribution in [1.82, 2.24) is 29.7 Å². The van der Waals surface area contributed by atoms with E-state index in [2.05, 4.69) is 77.8 Å². The van der Waals surface area contributed by atoms with E-state index in [-0.39, 0.29) is 36.3 Å². The zero-order chi connectivity index (χ0) is 65.3. The summed E-state index contributed by atoms with van der Waals surface area (Å²) in [6.07, 6.45) is 0.712. The molecule has 10 aromatic rings. The molecule has 2 atom stereocenters. The molecule has 0 bridgehead atoms. The maximum atomic E-state index is 14.7. The number of benzene rings is 7. The van der Waals surface area contributed by atoms with E-state index < -0.39 is 37.9 Å². The van der Waals surface area contributed by atoms with Gasteiger partial charge >= 0.3 is 5.97 Å². The number of carbonyl (C=O) groups is 1. The van der Waals surface area contributed by atoms with Crippen molar-refractivity contribution >= 4 is 25.4 Å². The fourth-order valence-corrected chi connectivity index (χ4v) is 12.2. The number of ether oxygens (including phenoxy) is 7. The summed E-state index contributed by atoms with van der Waals surface area (Å²) in [6, 6.07) is 54.2. The summed E-state index contributed by atoms with van der Waals surface area (Å²) in [5.74, 6) is 2.59. The predicted molar refractivity (Wildman–Crippen MR) is 358 cm³/mol. The number of carboxylic acids is 1. The smallest absolute Gasteiger partial charge is 0.345 e. The van der Waals surface area contributed by atoms with E-state index in [4.69, 9.17) is 47.0 Å². The highest BCUT2D eigenvalue weighted by Crippen LogP contribution is 2.46. The second-order valence-electron chi connectivity index (χ2n) is 24.5. The Morgan fingerprint density at radius 1 is 0.677 bits per heavy atom. The first kappa shape index (κ1) is 64.9. The van der Waals surface area contributed by atoms with Crippen LogP contribution in [-0.2, 0) is 28.2 Å². The molecule has 0 radical (unpaired) electrons. The summed E-state index contributed by atoms with van der Waals surface area (Å²) in [7, 11) is 4.64. The standard InChI is InChI=1S/C74H77FN6O11Si/c1-73(2,3)93(8,9)92-60-35-36-63(87-46-56-37-38-76-69(79-56)62-17-13-14-18-64(62)86-7)51(43-60)44-65(72(82)83)90-70-67-66(68(91-71(67)78-48-77-70)50-19-27-55(75)28-20-50)49-21-29-59(30-22-49)89-61(45-81-41-39-80(4)40-42-81)47-88-74(52-15-11-10-12-16-52,53-23-31-57(84-5)32-24-53)54-25-33-58(85-6)34-26-54/h10-38,43,48,61,65H,39-42,44-47H2,1-9H3,(H,82,83). The quantitative estimate of drug-likeness (QED) is 0.0399. The van der Waals surface area contributed by atoms with Crippen molar-refractivity contribution in [3.8, 4) is 74.2 Å². The topological polar surface area (TPSA) is 182 Å². The molecule has 1 N–H and O–H groups in total. The highest BCUT2D eigenvalue weighted by Gasteiger charge is 2.41. The number of hydrogen-bond acceptors (Lipinski definition) is 16. The van der Waals surface area contributed by atoms with E-state index in [1.807, 2.05) is 127 Å². The lowest BCUT2D eigenvalue weighted by Crippen LogP contribution is -2.49. The number of para-hydroxylation sites is 1. The number of nitrogens with zero attached hydrogens (tertiary/aromatic N) is 6. The Morgan fingerprint density at radius 2 is 1.30 bits per heavy atom. The average Bonchev–Trinajstić information content (AvgIpc) is 1.65. The third-order valence-corrected chi connectivity index (χ3v) is 21.7. The summed E-state index contributed by atoms with van der Waals surface area (Å²) in [5, 5.41) is 11.3. The van der Waals surface area contributed by atoms with Crippen LogP contribution in [0.5, 0.6) is 40.4 Å². The molecule has 19 heteroatoms. The first-order valence-electron chi connectivity index (χ1n) is 30.9. The fraction of sp³-hybridized carbons (Fsp3) is 0.284. The van der Waals surface area contributed by atoms with E-state index in [1.165, 1.54) is 18.5 Å². The second-order valence-corrected chi connectivity index (χ2v) is 29.2. The van der Waals surface area contributed by atoms with Crippen LogP contribution in [0.25, 0.3) is 44.9 Å². The summed E-state index contributed by atoms with van der Waals surface area (Å²) in [5.41, 5.74) is 5.16. The fourth-order valence-electron chi connectivity index (χ4n) is 11.2. The molecule has 93 heavy (non-hydrogen) atoms. The third kappa shape index (κ3) is 14.8. The monoisotopic (exact) mass is 1270 g/mol. The Labute approximate surface area is 542 Å². The molecule has 1 aliphatic heterocycles. The van der Waals surface area contributed by atoms with Gasteiger partial charge in [-0.2, -0.15) is 0 Å². The summed E-state index contributed by atoms with van der Waals surface area (Å²) >= 11 is 0.